The molecule has 1 aromatic rings. The molecule has 1 aliphatic carbocycles. The molecule has 17 heavy (non-hydrogen) atoms. The van der Waals surface area contributed by atoms with Crippen molar-refractivity contribution < 1.29 is 0 Å². The van der Waals surface area contributed by atoms with Crippen molar-refractivity contribution in [3.8, 4) is 0 Å². The zero-order valence-corrected chi connectivity index (χ0v) is 11.7. The molecule has 1 unspecified atom stereocenters. The van der Waals surface area contributed by atoms with E-state index in [1.165, 1.54) is 31.5 Å². The summed E-state index contributed by atoms with van der Waals surface area (Å²) in [4.78, 5) is 4.49. The van der Waals surface area contributed by atoms with Gasteiger partial charge in [-0.15, -0.1) is 0 Å². The number of thioether (sulfide) groups is 1. The third-order valence-electron chi connectivity index (χ3n) is 3.55. The minimum absolute atomic E-state index is 0.385. The van der Waals surface area contributed by atoms with Gasteiger partial charge in [0.25, 0.3) is 0 Å². The van der Waals surface area contributed by atoms with Crippen molar-refractivity contribution in [2.45, 2.75) is 50.4 Å². The molecule has 4 heteroatoms. The fraction of sp³-hybridized carbons (Fsp3) is 0.769. The number of nitrogens with zero attached hydrogens (tertiary/aromatic N) is 2. The summed E-state index contributed by atoms with van der Waals surface area (Å²) in [5.74, 6) is 2.32. The average molecular weight is 253 g/mol. The Morgan fingerprint density at radius 2 is 2.29 bits per heavy atom. The molecule has 0 amide bonds. The van der Waals surface area contributed by atoms with Crippen molar-refractivity contribution in [2.75, 3.05) is 12.8 Å². The third-order valence-corrected chi connectivity index (χ3v) is 5.02. The van der Waals surface area contributed by atoms with Crippen LogP contribution in [0.5, 0.6) is 0 Å². The van der Waals surface area contributed by atoms with Gasteiger partial charge in [0.15, 0.2) is 0 Å². The summed E-state index contributed by atoms with van der Waals surface area (Å²) in [5, 5.41) is 4.28. The maximum Gasteiger partial charge on any atom is 0.126 e. The molecule has 0 bridgehead atoms. The Bertz CT molecular complexity index is 331. The molecule has 1 aromatic heterocycles. The van der Waals surface area contributed by atoms with Gasteiger partial charge in [-0.1, -0.05) is 12.8 Å². The van der Waals surface area contributed by atoms with E-state index in [2.05, 4.69) is 39.8 Å². The van der Waals surface area contributed by atoms with E-state index in [0.717, 1.165) is 17.5 Å². The molecule has 0 saturated heterocycles. The lowest BCUT2D eigenvalue weighted by atomic mass is 10.3. The third kappa shape index (κ3) is 3.26. The highest BCUT2D eigenvalue weighted by atomic mass is 32.2. The molecule has 0 radical (unpaired) electrons. The van der Waals surface area contributed by atoms with E-state index in [-0.39, 0.29) is 0 Å². The van der Waals surface area contributed by atoms with Crippen molar-refractivity contribution in [1.29, 1.82) is 0 Å². The molecule has 1 saturated carbocycles. The summed E-state index contributed by atoms with van der Waals surface area (Å²) in [5.41, 5.74) is 0. The van der Waals surface area contributed by atoms with Crippen molar-refractivity contribution in [2.24, 2.45) is 0 Å². The monoisotopic (exact) mass is 253 g/mol. The van der Waals surface area contributed by atoms with Gasteiger partial charge in [-0.25, -0.2) is 4.98 Å². The summed E-state index contributed by atoms with van der Waals surface area (Å²) in [6.45, 7) is 3.17. The van der Waals surface area contributed by atoms with Crippen LogP contribution in [-0.2, 0) is 6.54 Å². The molecule has 3 nitrogen and oxygen atoms in total. The van der Waals surface area contributed by atoms with Crippen LogP contribution in [0, 0.1) is 0 Å². The average Bonchev–Trinajstić information content (AvgIpc) is 3.00. The van der Waals surface area contributed by atoms with E-state index in [1.54, 1.807) is 0 Å². The molecular formula is C13H23N3S. The van der Waals surface area contributed by atoms with E-state index >= 15 is 0 Å². The van der Waals surface area contributed by atoms with Gasteiger partial charge in [-0.3, -0.25) is 0 Å². The Kier molecular flexibility index (Phi) is 4.92. The molecule has 2 rings (SSSR count). The zero-order chi connectivity index (χ0) is 12.1. The molecule has 0 aromatic carbocycles. The second kappa shape index (κ2) is 6.45. The van der Waals surface area contributed by atoms with Gasteiger partial charge < -0.3 is 9.88 Å². The highest BCUT2D eigenvalue weighted by molar-refractivity contribution is 7.99. The first-order valence-electron chi connectivity index (χ1n) is 6.65. The fourth-order valence-electron chi connectivity index (χ4n) is 2.47. The first-order chi connectivity index (χ1) is 8.35. The zero-order valence-electron chi connectivity index (χ0n) is 10.9. The van der Waals surface area contributed by atoms with Crippen LogP contribution in [0.3, 0.4) is 0 Å². The molecule has 1 fully saturated rings. The Balaban J connectivity index is 1.91. The first-order valence-corrected chi connectivity index (χ1v) is 7.70. The van der Waals surface area contributed by atoms with Gasteiger partial charge in [0.1, 0.15) is 5.82 Å². The Hall–Kier alpha value is -0.480. The second-order valence-electron chi connectivity index (χ2n) is 4.65. The smallest absolute Gasteiger partial charge is 0.126 e. The van der Waals surface area contributed by atoms with Crippen LogP contribution in [0.2, 0.25) is 0 Å². The molecule has 0 aliphatic heterocycles. The summed E-state index contributed by atoms with van der Waals surface area (Å²) < 4.78 is 2.23. The van der Waals surface area contributed by atoms with Gasteiger partial charge in [-0.05, 0) is 26.8 Å². The van der Waals surface area contributed by atoms with Crippen molar-refractivity contribution in [3.63, 3.8) is 0 Å². The minimum Gasteiger partial charge on any atom is -0.334 e. The summed E-state index contributed by atoms with van der Waals surface area (Å²) >= 11 is 2.12. The summed E-state index contributed by atoms with van der Waals surface area (Å²) in [7, 11) is 2.04. The second-order valence-corrected chi connectivity index (χ2v) is 5.99. The molecule has 1 aliphatic rings. The fourth-order valence-corrected chi connectivity index (χ4v) is 3.92. The SMILES string of the molecule is CCn1ccnc1C(CSC1CCCC1)NC. The van der Waals surface area contributed by atoms with E-state index < -0.39 is 0 Å². The molecule has 1 atom stereocenters. The number of nitrogens with one attached hydrogen (secondary N) is 1. The number of rotatable bonds is 6. The number of hydrogen-bond acceptors (Lipinski definition) is 3. The van der Waals surface area contributed by atoms with Crippen molar-refractivity contribution >= 4 is 11.8 Å². The minimum atomic E-state index is 0.385. The van der Waals surface area contributed by atoms with Crippen LogP contribution in [0.1, 0.15) is 44.5 Å². The van der Waals surface area contributed by atoms with E-state index in [0.29, 0.717) is 6.04 Å². The lowest BCUT2D eigenvalue weighted by Gasteiger charge is -2.18. The summed E-state index contributed by atoms with van der Waals surface area (Å²) in [6, 6.07) is 0.385. The van der Waals surface area contributed by atoms with Crippen LogP contribution in [0.4, 0.5) is 0 Å². The van der Waals surface area contributed by atoms with Gasteiger partial charge in [-0.2, -0.15) is 11.8 Å². The lowest BCUT2D eigenvalue weighted by molar-refractivity contribution is 0.569. The van der Waals surface area contributed by atoms with Crippen LogP contribution in [0.25, 0.3) is 0 Å². The lowest BCUT2D eigenvalue weighted by Crippen LogP contribution is -2.23. The highest BCUT2D eigenvalue weighted by Crippen LogP contribution is 2.31. The molecule has 0 spiro atoms. The number of imidazole rings is 1. The van der Waals surface area contributed by atoms with Gasteiger partial charge in [0, 0.05) is 29.9 Å². The molecule has 1 N–H and O–H groups in total. The number of aromatic nitrogens is 2. The Labute approximate surface area is 108 Å². The quantitative estimate of drug-likeness (QED) is 0.845. The topological polar surface area (TPSA) is 29.9 Å². The first kappa shape index (κ1) is 13.0. The summed E-state index contributed by atoms with van der Waals surface area (Å²) in [6.07, 6.45) is 9.63. The predicted octanol–water partition coefficient (Wildman–Crippen LogP) is 2.84. The van der Waals surface area contributed by atoms with Gasteiger partial charge >= 0.3 is 0 Å². The van der Waals surface area contributed by atoms with E-state index in [1.807, 2.05) is 13.2 Å². The van der Waals surface area contributed by atoms with Crippen LogP contribution in [0.15, 0.2) is 12.4 Å². The molecular weight excluding hydrogens is 230 g/mol. The van der Waals surface area contributed by atoms with Gasteiger partial charge in [0.05, 0.1) is 6.04 Å². The largest absolute Gasteiger partial charge is 0.334 e. The molecule has 1 heterocycles. The Morgan fingerprint density at radius 3 is 2.94 bits per heavy atom. The van der Waals surface area contributed by atoms with Crippen LogP contribution >= 0.6 is 11.8 Å². The maximum absolute atomic E-state index is 4.49. The number of aryl methyl sites for hydroxylation is 1. The van der Waals surface area contributed by atoms with Crippen LogP contribution in [-0.4, -0.2) is 27.6 Å². The standard InChI is InChI=1S/C13H23N3S/c1-3-16-9-8-15-13(16)12(14-2)10-17-11-6-4-5-7-11/h8-9,11-12,14H,3-7,10H2,1-2H3. The van der Waals surface area contributed by atoms with Gasteiger partial charge in [0.2, 0.25) is 0 Å². The van der Waals surface area contributed by atoms with Crippen LogP contribution < -0.4 is 5.32 Å². The predicted molar refractivity (Wildman–Crippen MR) is 74.4 cm³/mol. The number of hydrogen-bond donors (Lipinski definition) is 1. The highest BCUT2D eigenvalue weighted by Gasteiger charge is 2.20. The van der Waals surface area contributed by atoms with E-state index in [4.69, 9.17) is 0 Å². The maximum atomic E-state index is 4.49. The van der Waals surface area contributed by atoms with Crippen molar-refractivity contribution in [1.82, 2.24) is 14.9 Å². The van der Waals surface area contributed by atoms with E-state index in [9.17, 15) is 0 Å². The normalized spacial score (nSPS) is 18.7. The molecule has 96 valence electrons. The van der Waals surface area contributed by atoms with Crippen molar-refractivity contribution in [3.05, 3.63) is 18.2 Å². The Morgan fingerprint density at radius 1 is 1.53 bits per heavy atom.